The average molecular weight is 482 g/mol. The lowest BCUT2D eigenvalue weighted by Crippen LogP contribution is -2.25. The molecule has 0 bridgehead atoms. The lowest BCUT2D eigenvalue weighted by Gasteiger charge is -2.22. The highest BCUT2D eigenvalue weighted by molar-refractivity contribution is 6.35. The largest absolute Gasteiger partial charge is 0.357 e. The van der Waals surface area contributed by atoms with Gasteiger partial charge in [-0.15, -0.1) is 0 Å². The minimum atomic E-state index is -0.294. The normalized spacial score (nSPS) is 11.0. The van der Waals surface area contributed by atoms with Crippen LogP contribution in [0, 0.1) is 0 Å². The number of hydrogen-bond acceptors (Lipinski definition) is 4. The van der Waals surface area contributed by atoms with Crippen LogP contribution in [0.3, 0.4) is 0 Å². The molecule has 2 aromatic carbocycles. The van der Waals surface area contributed by atoms with Gasteiger partial charge in [0.15, 0.2) is 0 Å². The van der Waals surface area contributed by atoms with Crippen molar-refractivity contribution in [3.63, 3.8) is 0 Å². The summed E-state index contributed by atoms with van der Waals surface area (Å²) in [4.78, 5) is 27.5. The molecule has 0 saturated heterocycles. The number of carbonyl (C=O) groups excluding carboxylic acids is 1. The molecular weight excluding hydrogens is 457 g/mol. The molecule has 2 aromatic heterocycles. The number of halogens is 2. The first-order chi connectivity index (χ1) is 16.0. The van der Waals surface area contributed by atoms with E-state index in [2.05, 4.69) is 39.0 Å². The molecule has 0 aliphatic heterocycles. The zero-order chi connectivity index (χ0) is 23.4. The highest BCUT2D eigenvalue weighted by Gasteiger charge is 2.14. The Bertz CT molecular complexity index is 1260. The average Bonchev–Trinajstić information content (AvgIpc) is 3.22. The van der Waals surface area contributed by atoms with E-state index in [9.17, 15) is 4.79 Å². The van der Waals surface area contributed by atoms with Gasteiger partial charge in [-0.05, 0) is 55.3 Å². The zero-order valence-electron chi connectivity index (χ0n) is 18.5. The first-order valence-corrected chi connectivity index (χ1v) is 11.7. The maximum atomic E-state index is 12.6. The Kier molecular flexibility index (Phi) is 7.16. The highest BCUT2D eigenvalue weighted by atomic mass is 35.5. The number of benzene rings is 2. The minimum absolute atomic E-state index is 0.294. The number of pyridine rings is 1. The molecule has 0 aliphatic carbocycles. The second-order valence-electron chi connectivity index (χ2n) is 7.79. The zero-order valence-corrected chi connectivity index (χ0v) is 20.0. The van der Waals surface area contributed by atoms with Gasteiger partial charge in [-0.25, -0.2) is 9.97 Å². The standard InChI is InChI=1S/C25H25Cl2N5O/c1-3-10-32(11-4-2)23-9-8-17(15-28-23)24-29-21-13-19(27)20(14-22(21)30-24)31-25(33)16-6-5-7-18(26)12-16/h5-9,12-15H,3-4,10-11H2,1-2H3,(H,29,30)(H,31,33). The van der Waals surface area contributed by atoms with Crippen molar-refractivity contribution in [2.45, 2.75) is 26.7 Å². The van der Waals surface area contributed by atoms with Crippen LogP contribution in [0.1, 0.15) is 37.0 Å². The molecule has 4 rings (SSSR count). The van der Waals surface area contributed by atoms with Crippen molar-refractivity contribution < 1.29 is 4.79 Å². The SMILES string of the molecule is CCCN(CCC)c1ccc(-c2nc3cc(NC(=O)c4cccc(Cl)c4)c(Cl)cc3[nH]2)cn1. The Hall–Kier alpha value is -3.09. The predicted molar refractivity (Wildman–Crippen MR) is 137 cm³/mol. The van der Waals surface area contributed by atoms with Crippen LogP contribution < -0.4 is 10.2 Å². The first-order valence-electron chi connectivity index (χ1n) is 11.0. The summed E-state index contributed by atoms with van der Waals surface area (Å²) in [7, 11) is 0. The number of nitrogens with one attached hydrogen (secondary N) is 2. The van der Waals surface area contributed by atoms with Gasteiger partial charge < -0.3 is 15.2 Å². The van der Waals surface area contributed by atoms with Gasteiger partial charge in [0.05, 0.1) is 21.7 Å². The van der Waals surface area contributed by atoms with Gasteiger partial charge in [-0.2, -0.15) is 0 Å². The summed E-state index contributed by atoms with van der Waals surface area (Å²) in [6.45, 7) is 6.30. The molecular formula is C25H25Cl2N5O. The fraction of sp³-hybridized carbons (Fsp3) is 0.240. The van der Waals surface area contributed by atoms with Crippen LogP contribution in [-0.2, 0) is 0 Å². The van der Waals surface area contributed by atoms with Gasteiger partial charge in [0.25, 0.3) is 5.91 Å². The molecule has 0 unspecified atom stereocenters. The third-order valence-electron chi connectivity index (χ3n) is 5.24. The number of rotatable bonds is 8. The van der Waals surface area contributed by atoms with E-state index in [1.807, 2.05) is 18.3 Å². The number of imidazole rings is 1. The van der Waals surface area contributed by atoms with Crippen LogP contribution in [-0.4, -0.2) is 33.9 Å². The Labute approximate surface area is 203 Å². The van der Waals surface area contributed by atoms with E-state index in [1.54, 1.807) is 36.4 Å². The maximum absolute atomic E-state index is 12.6. The van der Waals surface area contributed by atoms with Crippen molar-refractivity contribution in [2.75, 3.05) is 23.3 Å². The Morgan fingerprint density at radius 2 is 1.85 bits per heavy atom. The molecule has 0 aliphatic rings. The van der Waals surface area contributed by atoms with E-state index in [0.717, 1.165) is 42.8 Å². The molecule has 8 heteroatoms. The second kappa shape index (κ2) is 10.2. The topological polar surface area (TPSA) is 73.9 Å². The number of carbonyl (C=O) groups is 1. The summed E-state index contributed by atoms with van der Waals surface area (Å²) < 4.78 is 0. The number of fused-ring (bicyclic) bond motifs is 1. The number of H-pyrrole nitrogens is 1. The molecule has 6 nitrogen and oxygen atoms in total. The van der Waals surface area contributed by atoms with Crippen molar-refractivity contribution in [3.05, 3.63) is 70.3 Å². The first kappa shape index (κ1) is 23.1. The van der Waals surface area contributed by atoms with Crippen LogP contribution in [0.25, 0.3) is 22.4 Å². The fourth-order valence-corrected chi connectivity index (χ4v) is 4.08. The summed E-state index contributed by atoms with van der Waals surface area (Å²) in [5.41, 5.74) is 3.28. The smallest absolute Gasteiger partial charge is 0.255 e. The molecule has 2 heterocycles. The summed E-state index contributed by atoms with van der Waals surface area (Å²) in [5, 5.41) is 3.74. The van der Waals surface area contributed by atoms with E-state index in [1.165, 1.54) is 0 Å². The van der Waals surface area contributed by atoms with Crippen LogP contribution in [0.5, 0.6) is 0 Å². The summed E-state index contributed by atoms with van der Waals surface area (Å²) >= 11 is 12.4. The molecule has 170 valence electrons. The number of amides is 1. The molecule has 33 heavy (non-hydrogen) atoms. The summed E-state index contributed by atoms with van der Waals surface area (Å²) in [5.74, 6) is 1.36. The van der Waals surface area contributed by atoms with Crippen molar-refractivity contribution in [3.8, 4) is 11.4 Å². The quantitative estimate of drug-likeness (QED) is 0.289. The van der Waals surface area contributed by atoms with E-state index in [-0.39, 0.29) is 5.91 Å². The van der Waals surface area contributed by atoms with Gasteiger partial charge >= 0.3 is 0 Å². The van der Waals surface area contributed by atoms with Crippen LogP contribution in [0.2, 0.25) is 10.0 Å². The number of nitrogens with zero attached hydrogens (tertiary/aromatic N) is 3. The van der Waals surface area contributed by atoms with E-state index >= 15 is 0 Å². The molecule has 4 aromatic rings. The van der Waals surface area contributed by atoms with E-state index < -0.39 is 0 Å². The van der Waals surface area contributed by atoms with Gasteiger partial charge in [-0.3, -0.25) is 4.79 Å². The lowest BCUT2D eigenvalue weighted by atomic mass is 10.2. The molecule has 2 N–H and O–H groups in total. The lowest BCUT2D eigenvalue weighted by molar-refractivity contribution is 0.102. The van der Waals surface area contributed by atoms with Crippen molar-refractivity contribution in [2.24, 2.45) is 0 Å². The third kappa shape index (κ3) is 5.29. The Morgan fingerprint density at radius 1 is 1.06 bits per heavy atom. The van der Waals surface area contributed by atoms with Gasteiger partial charge in [0.2, 0.25) is 0 Å². The number of hydrogen-bond donors (Lipinski definition) is 2. The van der Waals surface area contributed by atoms with Crippen LogP contribution in [0.15, 0.2) is 54.7 Å². The molecule has 0 spiro atoms. The Morgan fingerprint density at radius 3 is 2.52 bits per heavy atom. The number of aromatic amines is 1. The molecule has 0 fully saturated rings. The summed E-state index contributed by atoms with van der Waals surface area (Å²) in [6, 6.07) is 14.3. The van der Waals surface area contributed by atoms with E-state index in [4.69, 9.17) is 23.2 Å². The fourth-order valence-electron chi connectivity index (χ4n) is 3.68. The molecule has 0 atom stereocenters. The van der Waals surface area contributed by atoms with E-state index in [0.29, 0.717) is 32.6 Å². The second-order valence-corrected chi connectivity index (χ2v) is 8.63. The number of anilines is 2. The van der Waals surface area contributed by atoms with Gasteiger partial charge in [0.1, 0.15) is 11.6 Å². The molecule has 0 radical (unpaired) electrons. The predicted octanol–water partition coefficient (Wildman–Crippen LogP) is 6.81. The number of aromatic nitrogens is 3. The van der Waals surface area contributed by atoms with Crippen molar-refractivity contribution in [1.29, 1.82) is 0 Å². The van der Waals surface area contributed by atoms with Gasteiger partial charge in [0, 0.05) is 35.4 Å². The third-order valence-corrected chi connectivity index (χ3v) is 5.79. The monoisotopic (exact) mass is 481 g/mol. The van der Waals surface area contributed by atoms with Gasteiger partial charge in [-0.1, -0.05) is 43.1 Å². The molecule has 0 saturated carbocycles. The minimum Gasteiger partial charge on any atom is -0.357 e. The summed E-state index contributed by atoms with van der Waals surface area (Å²) in [6.07, 6.45) is 3.97. The molecule has 1 amide bonds. The van der Waals surface area contributed by atoms with Crippen LogP contribution >= 0.6 is 23.2 Å². The maximum Gasteiger partial charge on any atom is 0.255 e. The van der Waals surface area contributed by atoms with Crippen LogP contribution in [0.4, 0.5) is 11.5 Å². The van der Waals surface area contributed by atoms with Crippen molar-refractivity contribution in [1.82, 2.24) is 15.0 Å². The van der Waals surface area contributed by atoms with Crippen molar-refractivity contribution >= 4 is 51.6 Å². The highest BCUT2D eigenvalue weighted by Crippen LogP contribution is 2.30. The Balaban J connectivity index is 1.58.